The molecule has 1 aliphatic rings. The minimum absolute atomic E-state index is 0.170. The molecular formula is C23H26FNO6. The molecule has 31 heavy (non-hydrogen) atoms. The van der Waals surface area contributed by atoms with E-state index in [0.717, 1.165) is 27.6 Å². The van der Waals surface area contributed by atoms with Crippen molar-refractivity contribution in [2.45, 2.75) is 44.0 Å². The summed E-state index contributed by atoms with van der Waals surface area (Å²) in [6, 6.07) is 10.6. The van der Waals surface area contributed by atoms with Gasteiger partial charge in [0.05, 0.1) is 19.2 Å². The summed E-state index contributed by atoms with van der Waals surface area (Å²) in [5, 5.41) is 41.3. The minimum Gasteiger partial charge on any atom is -0.494 e. The Hall–Kier alpha value is -2.49. The predicted molar refractivity (Wildman–Crippen MR) is 111 cm³/mol. The monoisotopic (exact) mass is 431 g/mol. The molecule has 2 heterocycles. The Kier molecular flexibility index (Phi) is 6.00. The molecule has 1 saturated heterocycles. The number of methoxy groups -OCH3 is 1. The topological polar surface area (TPSA) is 104 Å². The van der Waals surface area contributed by atoms with Crippen LogP contribution >= 0.6 is 0 Å². The molecule has 1 aliphatic heterocycles. The summed E-state index contributed by atoms with van der Waals surface area (Å²) >= 11 is 0. The van der Waals surface area contributed by atoms with Gasteiger partial charge in [-0.1, -0.05) is 18.2 Å². The standard InChI is InChI=1S/C23H26FNO6/c1-12-3-5-15-14(8-13-4-6-18(30-2)16(24)9-13)10-25(17(15)7-12)23-22(29)21(28)20(27)19(11-26)31-23/h3-7,9-10,19-23,26-29H,8,11H2,1-2H3/t19-,20-,21+,22-,23-/m1/s1. The first-order valence-electron chi connectivity index (χ1n) is 10.1. The van der Waals surface area contributed by atoms with Crippen molar-refractivity contribution in [1.82, 2.24) is 4.57 Å². The first-order chi connectivity index (χ1) is 14.8. The van der Waals surface area contributed by atoms with Crippen molar-refractivity contribution >= 4 is 10.9 Å². The third kappa shape index (κ3) is 3.93. The Morgan fingerprint density at radius 2 is 1.84 bits per heavy atom. The van der Waals surface area contributed by atoms with Gasteiger partial charge in [0.2, 0.25) is 0 Å². The van der Waals surface area contributed by atoms with E-state index >= 15 is 0 Å². The molecule has 0 spiro atoms. The van der Waals surface area contributed by atoms with Crippen molar-refractivity contribution in [2.75, 3.05) is 13.7 Å². The predicted octanol–water partition coefficient (Wildman–Crippen LogP) is 1.66. The van der Waals surface area contributed by atoms with E-state index in [2.05, 4.69) is 0 Å². The summed E-state index contributed by atoms with van der Waals surface area (Å²) in [6.07, 6.45) is -4.12. The highest BCUT2D eigenvalue weighted by atomic mass is 19.1. The second-order valence-corrected chi connectivity index (χ2v) is 7.95. The maximum Gasteiger partial charge on any atom is 0.165 e. The van der Waals surface area contributed by atoms with Crippen LogP contribution in [0.25, 0.3) is 10.9 Å². The number of aliphatic hydroxyl groups excluding tert-OH is 4. The zero-order valence-electron chi connectivity index (χ0n) is 17.3. The molecule has 4 rings (SSSR count). The Bertz CT molecular complexity index is 1080. The fourth-order valence-electron chi connectivity index (χ4n) is 4.14. The molecule has 0 radical (unpaired) electrons. The normalized spacial score (nSPS) is 26.4. The van der Waals surface area contributed by atoms with Gasteiger partial charge in [0.25, 0.3) is 0 Å². The molecule has 0 unspecified atom stereocenters. The number of benzene rings is 2. The first kappa shape index (κ1) is 21.7. The van der Waals surface area contributed by atoms with Crippen LogP contribution in [0.3, 0.4) is 0 Å². The molecule has 0 aliphatic carbocycles. The van der Waals surface area contributed by atoms with E-state index in [1.165, 1.54) is 13.2 Å². The van der Waals surface area contributed by atoms with E-state index in [4.69, 9.17) is 9.47 Å². The SMILES string of the molecule is COc1ccc(Cc2cn([C@@H]3O[C@H](CO)[C@@H](O)[C@H](O)[C@H]3O)c3cc(C)ccc23)cc1F. The lowest BCUT2D eigenvalue weighted by atomic mass is 9.98. The average molecular weight is 431 g/mol. The molecule has 5 atom stereocenters. The van der Waals surface area contributed by atoms with Crippen LogP contribution < -0.4 is 4.74 Å². The number of ether oxygens (including phenoxy) is 2. The first-order valence-corrected chi connectivity index (χ1v) is 10.1. The van der Waals surface area contributed by atoms with Gasteiger partial charge in [-0.05, 0) is 48.2 Å². The van der Waals surface area contributed by atoms with Crippen LogP contribution in [-0.4, -0.2) is 63.1 Å². The number of halogens is 1. The van der Waals surface area contributed by atoms with Crippen LogP contribution in [-0.2, 0) is 11.2 Å². The average Bonchev–Trinajstić information content (AvgIpc) is 3.09. The Balaban J connectivity index is 1.76. The Labute approximate surface area is 178 Å². The van der Waals surface area contributed by atoms with Gasteiger partial charge in [-0.3, -0.25) is 0 Å². The Morgan fingerprint density at radius 1 is 1.06 bits per heavy atom. The molecule has 0 amide bonds. The van der Waals surface area contributed by atoms with Crippen LogP contribution in [0.2, 0.25) is 0 Å². The molecule has 2 aromatic carbocycles. The summed E-state index contributed by atoms with van der Waals surface area (Å²) in [7, 11) is 1.41. The molecule has 3 aromatic rings. The van der Waals surface area contributed by atoms with E-state index in [0.29, 0.717) is 6.42 Å². The molecule has 7 nitrogen and oxygen atoms in total. The molecule has 4 N–H and O–H groups in total. The van der Waals surface area contributed by atoms with E-state index in [9.17, 15) is 24.8 Å². The van der Waals surface area contributed by atoms with Crippen molar-refractivity contribution in [2.24, 2.45) is 0 Å². The highest BCUT2D eigenvalue weighted by molar-refractivity contribution is 5.85. The van der Waals surface area contributed by atoms with Gasteiger partial charge >= 0.3 is 0 Å². The van der Waals surface area contributed by atoms with E-state index < -0.39 is 43.1 Å². The van der Waals surface area contributed by atoms with Gasteiger partial charge in [0.15, 0.2) is 17.8 Å². The van der Waals surface area contributed by atoms with E-state index in [1.807, 2.05) is 25.1 Å². The lowest BCUT2D eigenvalue weighted by molar-refractivity contribution is -0.250. The molecule has 8 heteroatoms. The van der Waals surface area contributed by atoms with Gasteiger partial charge < -0.3 is 34.5 Å². The van der Waals surface area contributed by atoms with Crippen molar-refractivity contribution in [1.29, 1.82) is 0 Å². The second kappa shape index (κ2) is 8.57. The summed E-state index contributed by atoms with van der Waals surface area (Å²) in [6.45, 7) is 1.43. The van der Waals surface area contributed by atoms with Gasteiger partial charge in [-0.25, -0.2) is 4.39 Å². The molecule has 1 fully saturated rings. The van der Waals surface area contributed by atoms with Gasteiger partial charge in [-0.2, -0.15) is 0 Å². The smallest absolute Gasteiger partial charge is 0.165 e. The zero-order valence-corrected chi connectivity index (χ0v) is 17.3. The van der Waals surface area contributed by atoms with Crippen LogP contribution in [0.15, 0.2) is 42.6 Å². The number of aryl methyl sites for hydroxylation is 1. The Morgan fingerprint density at radius 3 is 2.52 bits per heavy atom. The third-order valence-electron chi connectivity index (χ3n) is 5.82. The number of fused-ring (bicyclic) bond motifs is 1. The van der Waals surface area contributed by atoms with Crippen molar-refractivity contribution in [3.63, 3.8) is 0 Å². The number of aliphatic hydroxyl groups is 4. The quantitative estimate of drug-likeness (QED) is 0.490. The van der Waals surface area contributed by atoms with Crippen molar-refractivity contribution < 1.29 is 34.3 Å². The molecule has 0 saturated carbocycles. The number of aromatic nitrogens is 1. The summed E-state index contributed by atoms with van der Waals surface area (Å²) in [5.41, 5.74) is 3.36. The summed E-state index contributed by atoms with van der Waals surface area (Å²) in [4.78, 5) is 0. The number of hydrogen-bond acceptors (Lipinski definition) is 6. The van der Waals surface area contributed by atoms with E-state index in [1.54, 1.807) is 22.9 Å². The zero-order chi connectivity index (χ0) is 22.3. The largest absolute Gasteiger partial charge is 0.494 e. The van der Waals surface area contributed by atoms with Crippen LogP contribution in [0.5, 0.6) is 5.75 Å². The molecule has 1 aromatic heterocycles. The van der Waals surface area contributed by atoms with Gasteiger partial charge in [0.1, 0.15) is 24.4 Å². The highest BCUT2D eigenvalue weighted by Crippen LogP contribution is 2.34. The maximum atomic E-state index is 14.2. The fourth-order valence-corrected chi connectivity index (χ4v) is 4.14. The van der Waals surface area contributed by atoms with Gasteiger partial charge in [0, 0.05) is 11.6 Å². The van der Waals surface area contributed by atoms with Crippen LogP contribution in [0.1, 0.15) is 22.9 Å². The van der Waals surface area contributed by atoms with Crippen molar-refractivity contribution in [3.8, 4) is 5.75 Å². The maximum absolute atomic E-state index is 14.2. The number of rotatable bonds is 5. The number of hydrogen-bond donors (Lipinski definition) is 4. The second-order valence-electron chi connectivity index (χ2n) is 7.95. The van der Waals surface area contributed by atoms with Gasteiger partial charge in [-0.15, -0.1) is 0 Å². The molecular weight excluding hydrogens is 405 g/mol. The van der Waals surface area contributed by atoms with Crippen LogP contribution in [0, 0.1) is 12.7 Å². The lowest BCUT2D eigenvalue weighted by Gasteiger charge is -2.40. The van der Waals surface area contributed by atoms with Crippen LogP contribution in [0.4, 0.5) is 4.39 Å². The molecule has 0 bridgehead atoms. The highest BCUT2D eigenvalue weighted by Gasteiger charge is 2.44. The number of nitrogens with zero attached hydrogens (tertiary/aromatic N) is 1. The summed E-state index contributed by atoms with van der Waals surface area (Å²) in [5.74, 6) is -0.281. The molecule has 166 valence electrons. The summed E-state index contributed by atoms with van der Waals surface area (Å²) < 4.78 is 26.6. The third-order valence-corrected chi connectivity index (χ3v) is 5.82. The van der Waals surface area contributed by atoms with E-state index in [-0.39, 0.29) is 5.75 Å². The fraction of sp³-hybridized carbons (Fsp3) is 0.391. The lowest BCUT2D eigenvalue weighted by Crippen LogP contribution is -2.56. The van der Waals surface area contributed by atoms with Crippen molar-refractivity contribution in [3.05, 3.63) is 65.1 Å². The minimum atomic E-state index is -1.47.